The van der Waals surface area contributed by atoms with Crippen molar-refractivity contribution in [1.29, 1.82) is 0 Å². The topological polar surface area (TPSA) is 64.7 Å². The van der Waals surface area contributed by atoms with Crippen LogP contribution >= 0.6 is 0 Å². The minimum absolute atomic E-state index is 0.459. The summed E-state index contributed by atoms with van der Waals surface area (Å²) >= 11 is 0. The molecule has 2 N–H and O–H groups in total. The van der Waals surface area contributed by atoms with Crippen LogP contribution in [0.2, 0.25) is 0 Å². The van der Waals surface area contributed by atoms with Gasteiger partial charge in [-0.3, -0.25) is 0 Å². The van der Waals surface area contributed by atoms with Gasteiger partial charge in [0.15, 0.2) is 0 Å². The molecule has 0 radical (unpaired) electrons. The summed E-state index contributed by atoms with van der Waals surface area (Å²) in [7, 11) is 0.141. The SMILES string of the molecule is CCN(CC)CCNS(=O)(=O)N(C)CCCNC. The number of nitrogens with zero attached hydrogens (tertiary/aromatic N) is 2. The van der Waals surface area contributed by atoms with Gasteiger partial charge in [-0.1, -0.05) is 13.8 Å². The van der Waals surface area contributed by atoms with Crippen molar-refractivity contribution in [3.05, 3.63) is 0 Å². The molecule has 0 rings (SSSR count). The highest BCUT2D eigenvalue weighted by Crippen LogP contribution is 1.95. The van der Waals surface area contributed by atoms with E-state index in [2.05, 4.69) is 28.8 Å². The minimum Gasteiger partial charge on any atom is -0.320 e. The standard InChI is InChI=1S/C11H28N4O2S/c1-5-15(6-2)11-9-13-18(16,17)14(4)10-7-8-12-3/h12-13H,5-11H2,1-4H3. The van der Waals surface area contributed by atoms with Crippen molar-refractivity contribution in [2.45, 2.75) is 20.3 Å². The number of likely N-dealkylation sites (N-methyl/N-ethyl adjacent to an activating group) is 1. The molecular formula is C11H28N4O2S. The molecule has 0 aliphatic heterocycles. The van der Waals surface area contributed by atoms with Crippen LogP contribution < -0.4 is 10.0 Å². The van der Waals surface area contributed by atoms with Crippen LogP contribution in [0.5, 0.6) is 0 Å². The summed E-state index contributed by atoms with van der Waals surface area (Å²) in [6, 6.07) is 0. The van der Waals surface area contributed by atoms with Gasteiger partial charge in [-0.05, 0) is 33.1 Å². The van der Waals surface area contributed by atoms with Gasteiger partial charge in [0, 0.05) is 26.7 Å². The Balaban J connectivity index is 3.98. The lowest BCUT2D eigenvalue weighted by Crippen LogP contribution is -2.42. The van der Waals surface area contributed by atoms with Crippen molar-refractivity contribution in [1.82, 2.24) is 19.2 Å². The van der Waals surface area contributed by atoms with Crippen molar-refractivity contribution in [3.8, 4) is 0 Å². The van der Waals surface area contributed by atoms with Crippen molar-refractivity contribution in [3.63, 3.8) is 0 Å². The average molecular weight is 280 g/mol. The van der Waals surface area contributed by atoms with Crippen LogP contribution in [0.3, 0.4) is 0 Å². The molecular weight excluding hydrogens is 252 g/mol. The molecule has 0 saturated heterocycles. The monoisotopic (exact) mass is 280 g/mol. The molecule has 0 heterocycles. The molecule has 0 aromatic carbocycles. The second-order valence-corrected chi connectivity index (χ2v) is 6.07. The van der Waals surface area contributed by atoms with Gasteiger partial charge in [-0.2, -0.15) is 12.7 Å². The largest absolute Gasteiger partial charge is 0.320 e. The van der Waals surface area contributed by atoms with E-state index >= 15 is 0 Å². The van der Waals surface area contributed by atoms with Crippen molar-refractivity contribution in [2.75, 3.05) is 53.4 Å². The Kier molecular flexibility index (Phi) is 9.57. The molecule has 6 nitrogen and oxygen atoms in total. The molecule has 0 bridgehead atoms. The van der Waals surface area contributed by atoms with E-state index in [1.165, 1.54) is 4.31 Å². The molecule has 0 aromatic rings. The fraction of sp³-hybridized carbons (Fsp3) is 1.00. The minimum atomic E-state index is -3.32. The first kappa shape index (κ1) is 17.8. The first-order valence-electron chi connectivity index (χ1n) is 6.55. The smallest absolute Gasteiger partial charge is 0.279 e. The van der Waals surface area contributed by atoms with Gasteiger partial charge < -0.3 is 10.2 Å². The zero-order valence-electron chi connectivity index (χ0n) is 12.1. The average Bonchev–Trinajstić information content (AvgIpc) is 2.34. The Morgan fingerprint density at radius 1 is 1.06 bits per heavy atom. The van der Waals surface area contributed by atoms with Crippen LogP contribution in [-0.4, -0.2) is 71.0 Å². The lowest BCUT2D eigenvalue weighted by atomic mass is 10.4. The highest BCUT2D eigenvalue weighted by Gasteiger charge is 2.16. The fourth-order valence-electron chi connectivity index (χ4n) is 1.58. The van der Waals surface area contributed by atoms with E-state index in [4.69, 9.17) is 0 Å². The highest BCUT2D eigenvalue weighted by molar-refractivity contribution is 7.87. The van der Waals surface area contributed by atoms with Crippen LogP contribution in [0.1, 0.15) is 20.3 Å². The van der Waals surface area contributed by atoms with E-state index in [1.807, 2.05) is 7.05 Å². The maximum absolute atomic E-state index is 11.9. The Bertz CT molecular complexity index is 291. The van der Waals surface area contributed by atoms with Crippen molar-refractivity contribution < 1.29 is 8.42 Å². The molecule has 0 saturated carbocycles. The maximum Gasteiger partial charge on any atom is 0.279 e. The number of rotatable bonds is 11. The Labute approximate surface area is 112 Å². The van der Waals surface area contributed by atoms with Crippen molar-refractivity contribution >= 4 is 10.2 Å². The van der Waals surface area contributed by atoms with E-state index in [-0.39, 0.29) is 0 Å². The summed E-state index contributed by atoms with van der Waals surface area (Å²) < 4.78 is 27.7. The van der Waals surface area contributed by atoms with E-state index in [1.54, 1.807) is 7.05 Å². The third-order valence-electron chi connectivity index (χ3n) is 2.92. The zero-order valence-corrected chi connectivity index (χ0v) is 12.9. The van der Waals surface area contributed by atoms with E-state index < -0.39 is 10.2 Å². The maximum atomic E-state index is 11.9. The van der Waals surface area contributed by atoms with E-state index in [9.17, 15) is 8.42 Å². The lowest BCUT2D eigenvalue weighted by molar-refractivity contribution is 0.307. The molecule has 0 atom stereocenters. The molecule has 7 heteroatoms. The Morgan fingerprint density at radius 3 is 2.17 bits per heavy atom. The quantitative estimate of drug-likeness (QED) is 0.510. The van der Waals surface area contributed by atoms with Crippen LogP contribution in [0, 0.1) is 0 Å². The first-order chi connectivity index (χ1) is 8.47. The molecule has 0 amide bonds. The van der Waals surface area contributed by atoms with Gasteiger partial charge in [0.05, 0.1) is 0 Å². The van der Waals surface area contributed by atoms with Crippen LogP contribution in [-0.2, 0) is 10.2 Å². The summed E-state index contributed by atoms with van der Waals surface area (Å²) in [6.07, 6.45) is 0.809. The zero-order chi connectivity index (χ0) is 14.0. The molecule has 0 fully saturated rings. The Morgan fingerprint density at radius 2 is 1.67 bits per heavy atom. The summed E-state index contributed by atoms with van der Waals surface area (Å²) in [4.78, 5) is 2.18. The fourth-order valence-corrected chi connectivity index (χ4v) is 2.52. The van der Waals surface area contributed by atoms with Crippen LogP contribution in [0.4, 0.5) is 0 Å². The molecule has 18 heavy (non-hydrogen) atoms. The van der Waals surface area contributed by atoms with E-state index in [0.29, 0.717) is 13.1 Å². The summed E-state index contributed by atoms with van der Waals surface area (Å²) in [5, 5.41) is 3.00. The van der Waals surface area contributed by atoms with Gasteiger partial charge in [0.2, 0.25) is 0 Å². The molecule has 0 unspecified atom stereocenters. The number of nitrogens with one attached hydrogen (secondary N) is 2. The Hall–Kier alpha value is -0.210. The van der Waals surface area contributed by atoms with Gasteiger partial charge in [0.1, 0.15) is 0 Å². The highest BCUT2D eigenvalue weighted by atomic mass is 32.2. The number of hydrogen-bond acceptors (Lipinski definition) is 4. The number of hydrogen-bond donors (Lipinski definition) is 2. The molecule has 110 valence electrons. The predicted octanol–water partition coefficient (Wildman–Crippen LogP) is -0.296. The van der Waals surface area contributed by atoms with E-state index in [0.717, 1.165) is 32.6 Å². The third kappa shape index (κ3) is 7.27. The summed E-state index contributed by atoms with van der Waals surface area (Å²) in [5.41, 5.74) is 0. The molecule has 0 spiro atoms. The first-order valence-corrected chi connectivity index (χ1v) is 7.99. The lowest BCUT2D eigenvalue weighted by Gasteiger charge is -2.21. The second-order valence-electron chi connectivity index (χ2n) is 4.20. The summed E-state index contributed by atoms with van der Waals surface area (Å²) in [5.74, 6) is 0. The van der Waals surface area contributed by atoms with Gasteiger partial charge in [0.25, 0.3) is 10.2 Å². The third-order valence-corrected chi connectivity index (χ3v) is 4.49. The summed E-state index contributed by atoms with van der Waals surface area (Å²) in [6.45, 7) is 8.58. The van der Waals surface area contributed by atoms with Gasteiger partial charge in [-0.25, -0.2) is 4.72 Å². The van der Waals surface area contributed by atoms with Crippen LogP contribution in [0.25, 0.3) is 0 Å². The van der Waals surface area contributed by atoms with Crippen LogP contribution in [0.15, 0.2) is 0 Å². The second kappa shape index (κ2) is 9.69. The van der Waals surface area contributed by atoms with Gasteiger partial charge in [-0.15, -0.1) is 0 Å². The normalized spacial score (nSPS) is 12.6. The van der Waals surface area contributed by atoms with Crippen molar-refractivity contribution in [2.24, 2.45) is 0 Å². The molecule has 0 aromatic heterocycles. The predicted molar refractivity (Wildman–Crippen MR) is 75.9 cm³/mol. The molecule has 0 aliphatic rings. The van der Waals surface area contributed by atoms with Gasteiger partial charge >= 0.3 is 0 Å². The molecule has 0 aliphatic carbocycles.